The summed E-state index contributed by atoms with van der Waals surface area (Å²) in [5.74, 6) is -0.575. The van der Waals surface area contributed by atoms with Gasteiger partial charge in [0.05, 0.1) is 6.54 Å². The van der Waals surface area contributed by atoms with Crippen LogP contribution < -0.4 is 4.74 Å². The van der Waals surface area contributed by atoms with Gasteiger partial charge < -0.3 is 4.74 Å². The molecule has 0 radical (unpaired) electrons. The highest BCUT2D eigenvalue weighted by atomic mass is 79.9. The van der Waals surface area contributed by atoms with Gasteiger partial charge in [0.1, 0.15) is 12.4 Å². The molecule has 3 rings (SSSR count). The molecule has 1 aromatic rings. The molecule has 1 saturated carbocycles. The molecule has 1 aliphatic carbocycles. The topological polar surface area (TPSA) is 66.9 Å². The van der Waals surface area contributed by atoms with Gasteiger partial charge in [-0.3, -0.25) is 19.4 Å². The van der Waals surface area contributed by atoms with E-state index in [9.17, 15) is 14.4 Å². The fourth-order valence-electron chi connectivity index (χ4n) is 3.48. The summed E-state index contributed by atoms with van der Waals surface area (Å²) in [5, 5.41) is 0. The van der Waals surface area contributed by atoms with Crippen LogP contribution in [-0.2, 0) is 9.59 Å². The maximum absolute atomic E-state index is 12.6. The number of carbonyl (C=O) groups excluding carboxylic acids is 3. The number of ether oxygens (including phenoxy) is 1. The first-order valence-electron chi connectivity index (χ1n) is 8.56. The third-order valence-electron chi connectivity index (χ3n) is 4.88. The van der Waals surface area contributed by atoms with Crippen molar-refractivity contribution in [2.75, 3.05) is 13.2 Å². The van der Waals surface area contributed by atoms with Gasteiger partial charge in [0.25, 0.3) is 0 Å². The standard InChI is InChI=1S/C18H21BrN2O4/c1-12-4-2-3-5-15(12)21-17(23)16(22)20(18(21)24)10-11-25-14-8-6-13(19)7-9-14/h6-9,12,15H,2-5,10-11H2,1H3/t12-,15+/m1/s1. The first-order chi connectivity index (χ1) is 12.0. The molecule has 7 heteroatoms. The molecule has 25 heavy (non-hydrogen) atoms. The highest BCUT2D eigenvalue weighted by Crippen LogP contribution is 2.31. The van der Waals surface area contributed by atoms with Gasteiger partial charge >= 0.3 is 17.8 Å². The molecule has 0 spiro atoms. The molecule has 1 aromatic carbocycles. The van der Waals surface area contributed by atoms with Crippen LogP contribution in [0.4, 0.5) is 4.79 Å². The number of carbonyl (C=O) groups is 3. The molecule has 134 valence electrons. The molecule has 1 aliphatic heterocycles. The number of halogens is 1. The smallest absolute Gasteiger partial charge is 0.334 e. The second-order valence-corrected chi connectivity index (χ2v) is 7.46. The number of urea groups is 1. The first-order valence-corrected chi connectivity index (χ1v) is 9.35. The van der Waals surface area contributed by atoms with Crippen molar-refractivity contribution in [3.05, 3.63) is 28.7 Å². The quantitative estimate of drug-likeness (QED) is 0.554. The highest BCUT2D eigenvalue weighted by Gasteiger charge is 2.48. The van der Waals surface area contributed by atoms with Crippen LogP contribution in [0.5, 0.6) is 5.75 Å². The number of nitrogens with zero attached hydrogens (tertiary/aromatic N) is 2. The summed E-state index contributed by atoms with van der Waals surface area (Å²) in [6.07, 6.45) is 3.83. The van der Waals surface area contributed by atoms with Gasteiger partial charge in [-0.1, -0.05) is 35.7 Å². The van der Waals surface area contributed by atoms with Gasteiger partial charge in [-0.2, -0.15) is 0 Å². The number of hydrogen-bond donors (Lipinski definition) is 0. The minimum atomic E-state index is -0.748. The summed E-state index contributed by atoms with van der Waals surface area (Å²) in [6, 6.07) is 6.59. The van der Waals surface area contributed by atoms with E-state index >= 15 is 0 Å². The Morgan fingerprint density at radius 1 is 1.08 bits per heavy atom. The average molecular weight is 409 g/mol. The van der Waals surface area contributed by atoms with E-state index < -0.39 is 17.8 Å². The lowest BCUT2D eigenvalue weighted by molar-refractivity contribution is -0.144. The summed E-state index contributed by atoms with van der Waals surface area (Å²) in [6.45, 7) is 2.26. The molecule has 1 heterocycles. The largest absolute Gasteiger partial charge is 0.492 e. The van der Waals surface area contributed by atoms with E-state index in [1.54, 1.807) is 12.1 Å². The first kappa shape index (κ1) is 17.9. The van der Waals surface area contributed by atoms with Crippen LogP contribution in [0.25, 0.3) is 0 Å². The number of rotatable bonds is 5. The lowest BCUT2D eigenvalue weighted by atomic mass is 9.85. The zero-order valence-corrected chi connectivity index (χ0v) is 15.7. The second-order valence-electron chi connectivity index (χ2n) is 6.55. The molecule has 4 amide bonds. The molecule has 6 nitrogen and oxygen atoms in total. The predicted molar refractivity (Wildman–Crippen MR) is 95.0 cm³/mol. The van der Waals surface area contributed by atoms with Crippen molar-refractivity contribution < 1.29 is 19.1 Å². The Balaban J connectivity index is 1.62. The van der Waals surface area contributed by atoms with Gasteiger partial charge in [-0.25, -0.2) is 4.79 Å². The van der Waals surface area contributed by atoms with Crippen molar-refractivity contribution in [1.29, 1.82) is 0 Å². The van der Waals surface area contributed by atoms with Crippen molar-refractivity contribution in [3.8, 4) is 5.75 Å². The normalized spacial score (nSPS) is 24.2. The van der Waals surface area contributed by atoms with E-state index in [0.29, 0.717) is 5.75 Å². The van der Waals surface area contributed by atoms with Crippen LogP contribution in [0.15, 0.2) is 28.7 Å². The molecular weight excluding hydrogens is 388 g/mol. The van der Waals surface area contributed by atoms with Gasteiger partial charge in [-0.05, 0) is 43.0 Å². The zero-order chi connectivity index (χ0) is 18.0. The van der Waals surface area contributed by atoms with E-state index in [4.69, 9.17) is 4.74 Å². The van der Waals surface area contributed by atoms with Crippen LogP contribution >= 0.6 is 15.9 Å². The SMILES string of the molecule is C[C@@H]1CCCC[C@@H]1N1C(=O)C(=O)N(CCOc2ccc(Br)cc2)C1=O. The molecule has 2 fully saturated rings. The van der Waals surface area contributed by atoms with Gasteiger partial charge in [0.15, 0.2) is 0 Å². The molecule has 0 unspecified atom stereocenters. The summed E-state index contributed by atoms with van der Waals surface area (Å²) in [5.41, 5.74) is 0. The van der Waals surface area contributed by atoms with E-state index in [-0.39, 0.29) is 25.1 Å². The predicted octanol–water partition coefficient (Wildman–Crippen LogP) is 3.20. The van der Waals surface area contributed by atoms with E-state index in [1.165, 1.54) is 4.90 Å². The second kappa shape index (κ2) is 7.56. The maximum Gasteiger partial charge on any atom is 0.334 e. The number of hydrogen-bond acceptors (Lipinski definition) is 4. The van der Waals surface area contributed by atoms with E-state index in [1.807, 2.05) is 19.1 Å². The summed E-state index contributed by atoms with van der Waals surface area (Å²) in [7, 11) is 0. The van der Waals surface area contributed by atoms with E-state index in [0.717, 1.165) is 35.1 Å². The third-order valence-corrected chi connectivity index (χ3v) is 5.41. The van der Waals surface area contributed by atoms with Crippen LogP contribution in [0.1, 0.15) is 32.6 Å². The maximum atomic E-state index is 12.6. The number of imide groups is 2. The zero-order valence-electron chi connectivity index (χ0n) is 14.1. The Labute approximate surface area is 155 Å². The molecule has 2 aliphatic rings. The number of amides is 4. The molecule has 0 aromatic heterocycles. The van der Waals surface area contributed by atoms with Gasteiger partial charge in [0.2, 0.25) is 0 Å². The average Bonchev–Trinajstić information content (AvgIpc) is 2.81. The van der Waals surface area contributed by atoms with Crippen molar-refractivity contribution in [2.45, 2.75) is 38.6 Å². The van der Waals surface area contributed by atoms with Gasteiger partial charge in [0, 0.05) is 10.5 Å². The Morgan fingerprint density at radius 2 is 1.76 bits per heavy atom. The molecular formula is C18H21BrN2O4. The van der Waals surface area contributed by atoms with Crippen LogP contribution in [-0.4, -0.2) is 46.8 Å². The summed E-state index contributed by atoms with van der Waals surface area (Å²) >= 11 is 3.34. The fraction of sp³-hybridized carbons (Fsp3) is 0.500. The van der Waals surface area contributed by atoms with Crippen LogP contribution in [0.2, 0.25) is 0 Å². The molecule has 1 saturated heterocycles. The summed E-state index contributed by atoms with van der Waals surface area (Å²) in [4.78, 5) is 39.3. The van der Waals surface area contributed by atoms with Crippen LogP contribution in [0.3, 0.4) is 0 Å². The highest BCUT2D eigenvalue weighted by molar-refractivity contribution is 9.10. The fourth-order valence-corrected chi connectivity index (χ4v) is 3.74. The van der Waals surface area contributed by atoms with Gasteiger partial charge in [-0.15, -0.1) is 0 Å². The van der Waals surface area contributed by atoms with Crippen LogP contribution in [0, 0.1) is 5.92 Å². The Bertz CT molecular complexity index is 676. The summed E-state index contributed by atoms with van der Waals surface area (Å²) < 4.78 is 6.50. The Hall–Kier alpha value is -1.89. The third kappa shape index (κ3) is 3.71. The van der Waals surface area contributed by atoms with E-state index in [2.05, 4.69) is 15.9 Å². The molecule has 2 atom stereocenters. The van der Waals surface area contributed by atoms with Crippen molar-refractivity contribution in [1.82, 2.24) is 9.80 Å². The molecule has 0 N–H and O–H groups in total. The minimum Gasteiger partial charge on any atom is -0.492 e. The molecule has 0 bridgehead atoms. The lowest BCUT2D eigenvalue weighted by Crippen LogP contribution is -2.46. The Morgan fingerprint density at radius 3 is 2.44 bits per heavy atom. The van der Waals surface area contributed by atoms with Crippen molar-refractivity contribution in [3.63, 3.8) is 0 Å². The Kier molecular flexibility index (Phi) is 5.42. The van der Waals surface area contributed by atoms with Crippen molar-refractivity contribution in [2.24, 2.45) is 5.92 Å². The number of benzene rings is 1. The minimum absolute atomic E-state index is 0.0665. The monoisotopic (exact) mass is 408 g/mol. The lowest BCUT2D eigenvalue weighted by Gasteiger charge is -2.34. The van der Waals surface area contributed by atoms with Crippen molar-refractivity contribution >= 4 is 33.8 Å².